The molecule has 1 rings (SSSR count). The Labute approximate surface area is 71.0 Å². The summed E-state index contributed by atoms with van der Waals surface area (Å²) in [6, 6.07) is 0. The first-order valence-corrected chi connectivity index (χ1v) is 3.88. The average molecular weight is 168 g/mol. The highest BCUT2D eigenvalue weighted by Gasteiger charge is 2.08. The quantitative estimate of drug-likeness (QED) is 0.597. The summed E-state index contributed by atoms with van der Waals surface area (Å²) in [4.78, 5) is 14.5. The smallest absolute Gasteiger partial charge is 0.330 e. The van der Waals surface area contributed by atoms with E-state index in [1.807, 2.05) is 0 Å². The van der Waals surface area contributed by atoms with Crippen LogP contribution in [0.3, 0.4) is 0 Å². The summed E-state index contributed by atoms with van der Waals surface area (Å²) in [5.74, 6) is -0.0222. The minimum Gasteiger partial charge on any atom is -0.478 e. The fourth-order valence-corrected chi connectivity index (χ4v) is 0.991. The zero-order valence-electron chi connectivity index (χ0n) is 6.84. The maximum atomic E-state index is 10.3. The molecular weight excluding hydrogens is 156 g/mol. The number of carboxylic acid groups (broad SMARTS) is 1. The van der Waals surface area contributed by atoms with Gasteiger partial charge in [0.25, 0.3) is 0 Å². The molecule has 0 radical (unpaired) electrons. The summed E-state index contributed by atoms with van der Waals surface area (Å²) in [5, 5.41) is 11.6. The number of nitrogens with zero attached hydrogens (tertiary/aromatic N) is 1. The lowest BCUT2D eigenvalue weighted by molar-refractivity contribution is -0.132. The summed E-state index contributed by atoms with van der Waals surface area (Å²) in [6.07, 6.45) is 1.13. The van der Waals surface area contributed by atoms with Gasteiger partial charge in [-0.25, -0.2) is 4.79 Å². The molecule has 0 aromatic rings. The lowest BCUT2D eigenvalue weighted by Gasteiger charge is -2.01. The van der Waals surface area contributed by atoms with Crippen LogP contribution in [0.1, 0.15) is 12.8 Å². The molecule has 1 aliphatic rings. The molecule has 4 heteroatoms. The Hall–Kier alpha value is -1.32. The topological polar surface area (TPSA) is 61.7 Å². The highest BCUT2D eigenvalue weighted by Crippen LogP contribution is 2.04. The molecule has 0 aromatic heterocycles. The molecule has 0 aliphatic carbocycles. The first kappa shape index (κ1) is 8.77. The van der Waals surface area contributed by atoms with Gasteiger partial charge in [0, 0.05) is 18.5 Å². The molecule has 0 amide bonds. The molecule has 0 spiro atoms. The van der Waals surface area contributed by atoms with Crippen molar-refractivity contribution in [2.45, 2.75) is 12.8 Å². The predicted octanol–water partition coefficient (Wildman–Crippen LogP) is 0.409. The van der Waals surface area contributed by atoms with Crippen LogP contribution in [0, 0.1) is 0 Å². The van der Waals surface area contributed by atoms with E-state index in [1.54, 1.807) is 0 Å². The van der Waals surface area contributed by atoms with E-state index in [0.29, 0.717) is 12.8 Å². The van der Waals surface area contributed by atoms with Crippen molar-refractivity contribution in [2.24, 2.45) is 4.99 Å². The van der Waals surface area contributed by atoms with Crippen molar-refractivity contribution in [1.29, 1.82) is 0 Å². The van der Waals surface area contributed by atoms with Gasteiger partial charge in [0.15, 0.2) is 0 Å². The Morgan fingerprint density at radius 3 is 3.00 bits per heavy atom. The van der Waals surface area contributed by atoms with Crippen molar-refractivity contribution in [2.75, 3.05) is 13.1 Å². The first-order chi connectivity index (χ1) is 5.70. The van der Waals surface area contributed by atoms with Gasteiger partial charge in [-0.15, -0.1) is 0 Å². The Morgan fingerprint density at radius 1 is 1.75 bits per heavy atom. The van der Waals surface area contributed by atoms with E-state index < -0.39 is 5.97 Å². The monoisotopic (exact) mass is 168 g/mol. The molecule has 2 N–H and O–H groups in total. The van der Waals surface area contributed by atoms with Crippen LogP contribution in [0.5, 0.6) is 0 Å². The van der Waals surface area contributed by atoms with E-state index in [0.717, 1.165) is 18.9 Å². The van der Waals surface area contributed by atoms with Gasteiger partial charge < -0.3 is 10.4 Å². The highest BCUT2D eigenvalue weighted by molar-refractivity contribution is 5.88. The number of rotatable bonds is 4. The second-order valence-corrected chi connectivity index (χ2v) is 2.66. The molecule has 66 valence electrons. The van der Waals surface area contributed by atoms with E-state index >= 15 is 0 Å². The molecule has 0 atom stereocenters. The van der Waals surface area contributed by atoms with Gasteiger partial charge >= 0.3 is 5.97 Å². The molecule has 0 unspecified atom stereocenters. The summed E-state index contributed by atoms with van der Waals surface area (Å²) in [7, 11) is 0. The van der Waals surface area contributed by atoms with Crippen molar-refractivity contribution in [3.63, 3.8) is 0 Å². The Morgan fingerprint density at radius 2 is 2.50 bits per heavy atom. The summed E-state index contributed by atoms with van der Waals surface area (Å²) in [5.41, 5.74) is 0.242. The highest BCUT2D eigenvalue weighted by atomic mass is 16.4. The van der Waals surface area contributed by atoms with Crippen molar-refractivity contribution < 1.29 is 9.90 Å². The predicted molar refractivity (Wildman–Crippen MR) is 46.3 cm³/mol. The Balaban J connectivity index is 2.25. The third kappa shape index (κ3) is 2.38. The maximum Gasteiger partial charge on any atom is 0.330 e. The Bertz CT molecular complexity index is 231. The van der Waals surface area contributed by atoms with Crippen LogP contribution < -0.4 is 5.32 Å². The van der Waals surface area contributed by atoms with Gasteiger partial charge in [0.2, 0.25) is 0 Å². The number of aliphatic carboxylic acids is 1. The fraction of sp³-hybridized carbons (Fsp3) is 0.500. The average Bonchev–Trinajstić information content (AvgIpc) is 2.51. The molecule has 0 saturated carbocycles. The molecule has 1 heterocycles. The first-order valence-electron chi connectivity index (χ1n) is 3.88. The zero-order valence-corrected chi connectivity index (χ0v) is 6.84. The third-order valence-electron chi connectivity index (χ3n) is 1.71. The van der Waals surface area contributed by atoms with Gasteiger partial charge in [-0.3, -0.25) is 4.99 Å². The van der Waals surface area contributed by atoms with Crippen LogP contribution in [0.2, 0.25) is 0 Å². The van der Waals surface area contributed by atoms with Gasteiger partial charge in [-0.1, -0.05) is 6.58 Å². The second-order valence-electron chi connectivity index (χ2n) is 2.66. The standard InChI is InChI=1S/C8H12N2O2/c1-6(8(11)12)2-3-7-9-4-5-10-7/h1-5H2,(H,9,10)(H,11,12). The van der Waals surface area contributed by atoms with E-state index in [2.05, 4.69) is 16.9 Å². The van der Waals surface area contributed by atoms with E-state index in [1.165, 1.54) is 0 Å². The molecule has 4 nitrogen and oxygen atoms in total. The van der Waals surface area contributed by atoms with Crippen LogP contribution >= 0.6 is 0 Å². The van der Waals surface area contributed by atoms with Crippen LogP contribution in [-0.4, -0.2) is 30.0 Å². The van der Waals surface area contributed by atoms with Crippen molar-refractivity contribution >= 4 is 11.8 Å². The number of aliphatic imine (C=N–C) groups is 1. The number of nitrogens with one attached hydrogen (secondary N) is 1. The lowest BCUT2D eigenvalue weighted by Crippen LogP contribution is -2.18. The van der Waals surface area contributed by atoms with Gasteiger partial charge in [0.05, 0.1) is 12.4 Å². The normalized spacial score (nSPS) is 15.2. The fourth-order valence-electron chi connectivity index (χ4n) is 0.991. The van der Waals surface area contributed by atoms with Crippen LogP contribution in [0.15, 0.2) is 17.1 Å². The summed E-state index contributed by atoms with van der Waals surface area (Å²) >= 11 is 0. The minimum absolute atomic E-state index is 0.242. The largest absolute Gasteiger partial charge is 0.478 e. The lowest BCUT2D eigenvalue weighted by atomic mass is 10.1. The molecule has 0 aromatic carbocycles. The second kappa shape index (κ2) is 3.90. The number of carboxylic acids is 1. The zero-order chi connectivity index (χ0) is 8.97. The summed E-state index contributed by atoms with van der Waals surface area (Å²) in [6.45, 7) is 5.10. The van der Waals surface area contributed by atoms with Crippen molar-refractivity contribution in [1.82, 2.24) is 5.32 Å². The van der Waals surface area contributed by atoms with E-state index in [9.17, 15) is 4.79 Å². The molecular formula is C8H12N2O2. The molecule has 0 bridgehead atoms. The number of hydrogen-bond donors (Lipinski definition) is 2. The van der Waals surface area contributed by atoms with Gasteiger partial charge in [-0.05, 0) is 6.42 Å². The van der Waals surface area contributed by atoms with Crippen LogP contribution in [-0.2, 0) is 4.79 Å². The number of hydrogen-bond acceptors (Lipinski definition) is 3. The van der Waals surface area contributed by atoms with E-state index in [4.69, 9.17) is 5.11 Å². The Kier molecular flexibility index (Phi) is 2.85. The van der Waals surface area contributed by atoms with Crippen molar-refractivity contribution in [3.05, 3.63) is 12.2 Å². The van der Waals surface area contributed by atoms with E-state index in [-0.39, 0.29) is 5.57 Å². The summed E-state index contributed by atoms with van der Waals surface area (Å²) < 4.78 is 0. The van der Waals surface area contributed by atoms with Gasteiger partial charge in [-0.2, -0.15) is 0 Å². The molecule has 0 fully saturated rings. The maximum absolute atomic E-state index is 10.3. The molecule has 12 heavy (non-hydrogen) atoms. The minimum atomic E-state index is -0.923. The number of carbonyl (C=O) groups is 1. The molecule has 1 aliphatic heterocycles. The van der Waals surface area contributed by atoms with Crippen LogP contribution in [0.25, 0.3) is 0 Å². The van der Waals surface area contributed by atoms with Crippen LogP contribution in [0.4, 0.5) is 0 Å². The van der Waals surface area contributed by atoms with Gasteiger partial charge in [0.1, 0.15) is 0 Å². The SMILES string of the molecule is C=C(CCC1=NCCN1)C(=O)O. The molecule has 0 saturated heterocycles. The number of amidine groups is 1. The third-order valence-corrected chi connectivity index (χ3v) is 1.71. The van der Waals surface area contributed by atoms with Crippen molar-refractivity contribution in [3.8, 4) is 0 Å².